The topological polar surface area (TPSA) is 107 Å². The van der Waals surface area contributed by atoms with Crippen LogP contribution in [0.4, 0.5) is 0 Å². The van der Waals surface area contributed by atoms with E-state index in [1.54, 1.807) is 6.33 Å². The molecule has 11 heteroatoms. The van der Waals surface area contributed by atoms with Crippen LogP contribution in [0, 0.1) is 12.8 Å². The van der Waals surface area contributed by atoms with Gasteiger partial charge in [0.15, 0.2) is 0 Å². The monoisotopic (exact) mass is 429 g/mol. The molecule has 8 nitrogen and oxygen atoms in total. The predicted octanol–water partition coefficient (Wildman–Crippen LogP) is 0.828. The normalized spacial score (nSPS) is 20.3. The summed E-state index contributed by atoms with van der Waals surface area (Å²) in [6, 6.07) is 0.0399. The number of carbonyl (C=O) groups is 1. The number of rotatable bonds is 8. The summed E-state index contributed by atoms with van der Waals surface area (Å²) < 4.78 is 24.4. The van der Waals surface area contributed by atoms with Gasteiger partial charge in [0, 0.05) is 31.4 Å². The summed E-state index contributed by atoms with van der Waals surface area (Å²) in [4.78, 5) is 21.7. The number of carbonyl (C=O) groups excluding carboxylic acids is 1. The summed E-state index contributed by atoms with van der Waals surface area (Å²) in [5.41, 5.74) is 2.09. The number of H-pyrrole nitrogens is 1. The first-order valence-corrected chi connectivity index (χ1v) is 10.1. The highest BCUT2D eigenvalue weighted by Crippen LogP contribution is 2.23. The second kappa shape index (κ2) is 11.1. The maximum Gasteiger partial charge on any atom is 0.235 e. The van der Waals surface area contributed by atoms with E-state index in [2.05, 4.69) is 31.8 Å². The lowest BCUT2D eigenvalue weighted by molar-refractivity contribution is -0.120. The molecule has 0 aromatic carbocycles. The van der Waals surface area contributed by atoms with Crippen molar-refractivity contribution in [1.82, 2.24) is 24.9 Å². The van der Waals surface area contributed by atoms with E-state index in [-0.39, 0.29) is 43.3 Å². The molecule has 0 aliphatic carbocycles. The van der Waals surface area contributed by atoms with Crippen molar-refractivity contribution in [3.8, 4) is 0 Å². The summed E-state index contributed by atoms with van der Waals surface area (Å²) in [7, 11) is -3.36. The highest BCUT2D eigenvalue weighted by molar-refractivity contribution is 7.88. The van der Waals surface area contributed by atoms with E-state index in [1.807, 2.05) is 6.92 Å². The molecule has 0 radical (unpaired) electrons. The van der Waals surface area contributed by atoms with Gasteiger partial charge in [-0.2, -0.15) is 0 Å². The molecular weight excluding hydrogens is 401 g/mol. The molecule has 2 heterocycles. The Kier molecular flexibility index (Phi) is 10.7. The Balaban J connectivity index is 0.00000312. The number of nitrogens with zero attached hydrogens (tertiary/aromatic N) is 2. The zero-order valence-electron chi connectivity index (χ0n) is 15.3. The van der Waals surface area contributed by atoms with Crippen LogP contribution in [-0.4, -0.2) is 61.1 Å². The van der Waals surface area contributed by atoms with Crippen molar-refractivity contribution in [2.45, 2.75) is 39.3 Å². The zero-order valence-corrected chi connectivity index (χ0v) is 17.8. The van der Waals surface area contributed by atoms with E-state index in [0.717, 1.165) is 50.1 Å². The number of imidazole rings is 1. The number of hydrogen-bond donors (Lipinski definition) is 3. The van der Waals surface area contributed by atoms with Crippen molar-refractivity contribution in [2.24, 2.45) is 5.92 Å². The fraction of sp³-hybridized carbons (Fsp3) is 0.733. The molecule has 1 aromatic heterocycles. The van der Waals surface area contributed by atoms with Crippen LogP contribution >= 0.6 is 24.8 Å². The van der Waals surface area contributed by atoms with Gasteiger partial charge in [-0.15, -0.1) is 24.8 Å². The van der Waals surface area contributed by atoms with Gasteiger partial charge in [-0.25, -0.2) is 18.1 Å². The van der Waals surface area contributed by atoms with E-state index in [9.17, 15) is 13.2 Å². The highest BCUT2D eigenvalue weighted by atomic mass is 35.5. The van der Waals surface area contributed by atoms with Gasteiger partial charge in [-0.05, 0) is 19.3 Å². The van der Waals surface area contributed by atoms with Crippen molar-refractivity contribution in [2.75, 3.05) is 25.9 Å². The summed E-state index contributed by atoms with van der Waals surface area (Å²) in [5.74, 6) is 0.0840. The molecule has 152 valence electrons. The molecule has 0 spiro atoms. The van der Waals surface area contributed by atoms with E-state index in [0.29, 0.717) is 5.92 Å². The Morgan fingerprint density at radius 1 is 1.38 bits per heavy atom. The molecule has 1 saturated heterocycles. The molecule has 0 saturated carbocycles. The number of likely N-dealkylation sites (tertiary alicyclic amines) is 1. The maximum absolute atomic E-state index is 12.0. The van der Waals surface area contributed by atoms with Gasteiger partial charge >= 0.3 is 0 Å². The van der Waals surface area contributed by atoms with Crippen LogP contribution in [-0.2, 0) is 21.4 Å². The Labute approximate surface area is 167 Å². The van der Waals surface area contributed by atoms with Crippen LogP contribution in [0.2, 0.25) is 0 Å². The Hall–Kier alpha value is -0.870. The summed E-state index contributed by atoms with van der Waals surface area (Å²) in [5, 5.41) is 2.97. The fourth-order valence-electron chi connectivity index (χ4n) is 3.13. The Morgan fingerprint density at radius 3 is 2.62 bits per heavy atom. The summed E-state index contributed by atoms with van der Waals surface area (Å²) >= 11 is 0. The molecule has 3 N–H and O–H groups in total. The van der Waals surface area contributed by atoms with Gasteiger partial charge in [-0.1, -0.05) is 13.3 Å². The molecule has 26 heavy (non-hydrogen) atoms. The first-order chi connectivity index (χ1) is 11.3. The van der Waals surface area contributed by atoms with Crippen molar-refractivity contribution < 1.29 is 13.2 Å². The minimum absolute atomic E-state index is 0. The van der Waals surface area contributed by atoms with Gasteiger partial charge in [0.25, 0.3) is 0 Å². The van der Waals surface area contributed by atoms with Crippen molar-refractivity contribution in [1.29, 1.82) is 0 Å². The first kappa shape index (κ1) is 25.1. The van der Waals surface area contributed by atoms with E-state index < -0.39 is 10.0 Å². The summed E-state index contributed by atoms with van der Waals surface area (Å²) in [6.45, 7) is 6.32. The first-order valence-electron chi connectivity index (χ1n) is 8.23. The average Bonchev–Trinajstić information content (AvgIpc) is 3.04. The van der Waals surface area contributed by atoms with Gasteiger partial charge in [-0.3, -0.25) is 9.69 Å². The zero-order chi connectivity index (χ0) is 17.7. The standard InChI is InChI=1S/C15H27N5O3S.2ClH/c1-4-5-12-7-20(8-13-11(2)16-10-17-13)9-14(12)19-15(21)6-18-24(3,22)23;;/h10,12,14,18H,4-9H2,1-3H3,(H,16,17)(H,19,21);2*1H/t12-,14-;;/m0../s1. The molecule has 2 rings (SSSR count). The molecule has 1 amide bonds. The van der Waals surface area contributed by atoms with Gasteiger partial charge < -0.3 is 10.3 Å². The van der Waals surface area contributed by atoms with Gasteiger partial charge in [0.05, 0.1) is 24.8 Å². The van der Waals surface area contributed by atoms with Crippen molar-refractivity contribution in [3.63, 3.8) is 0 Å². The van der Waals surface area contributed by atoms with E-state index >= 15 is 0 Å². The van der Waals surface area contributed by atoms with Crippen LogP contribution < -0.4 is 10.0 Å². The van der Waals surface area contributed by atoms with Crippen LogP contribution in [0.15, 0.2) is 6.33 Å². The molecule has 2 atom stereocenters. The van der Waals surface area contributed by atoms with Gasteiger partial charge in [0.2, 0.25) is 15.9 Å². The van der Waals surface area contributed by atoms with Crippen LogP contribution in [0.25, 0.3) is 0 Å². The minimum atomic E-state index is -3.36. The van der Waals surface area contributed by atoms with Crippen molar-refractivity contribution >= 4 is 40.7 Å². The largest absolute Gasteiger partial charge is 0.351 e. The third kappa shape index (κ3) is 7.79. The lowest BCUT2D eigenvalue weighted by Gasteiger charge is -2.19. The average molecular weight is 430 g/mol. The molecule has 0 unspecified atom stereocenters. The lowest BCUT2D eigenvalue weighted by Crippen LogP contribution is -2.45. The number of aromatic nitrogens is 2. The molecular formula is C15H29Cl2N5O3S. The number of halogens is 2. The number of nitrogens with one attached hydrogen (secondary N) is 3. The molecule has 1 aromatic rings. The third-order valence-corrected chi connectivity index (χ3v) is 4.99. The SMILES string of the molecule is CCC[C@H]1CN(Cc2nc[nH]c2C)C[C@@H]1NC(=O)CNS(C)(=O)=O.Cl.Cl. The maximum atomic E-state index is 12.0. The van der Waals surface area contributed by atoms with Crippen LogP contribution in [0.1, 0.15) is 31.2 Å². The number of hydrogen-bond acceptors (Lipinski definition) is 5. The highest BCUT2D eigenvalue weighted by Gasteiger charge is 2.33. The molecule has 1 aliphatic rings. The molecule has 1 fully saturated rings. The van der Waals surface area contributed by atoms with E-state index in [4.69, 9.17) is 0 Å². The third-order valence-electron chi connectivity index (χ3n) is 4.33. The second-order valence-electron chi connectivity index (χ2n) is 6.48. The minimum Gasteiger partial charge on any atom is -0.351 e. The quantitative estimate of drug-likeness (QED) is 0.566. The molecule has 0 bridgehead atoms. The Morgan fingerprint density at radius 2 is 2.08 bits per heavy atom. The van der Waals surface area contributed by atoms with Crippen LogP contribution in [0.5, 0.6) is 0 Å². The summed E-state index contributed by atoms with van der Waals surface area (Å²) in [6.07, 6.45) is 4.82. The number of aryl methyl sites for hydroxylation is 1. The van der Waals surface area contributed by atoms with E-state index in [1.165, 1.54) is 0 Å². The number of amides is 1. The van der Waals surface area contributed by atoms with Crippen LogP contribution in [0.3, 0.4) is 0 Å². The number of sulfonamides is 1. The smallest absolute Gasteiger partial charge is 0.235 e. The van der Waals surface area contributed by atoms with Gasteiger partial charge in [0.1, 0.15) is 0 Å². The van der Waals surface area contributed by atoms with Crippen molar-refractivity contribution in [3.05, 3.63) is 17.7 Å². The lowest BCUT2D eigenvalue weighted by atomic mass is 9.98. The fourth-order valence-corrected chi connectivity index (χ4v) is 3.52. The molecule has 1 aliphatic heterocycles. The number of aromatic amines is 1. The predicted molar refractivity (Wildman–Crippen MR) is 106 cm³/mol. The second-order valence-corrected chi connectivity index (χ2v) is 8.32. The Bertz CT molecular complexity index is 668.